The minimum atomic E-state index is -0.401. The number of amides is 2. The Balaban J connectivity index is 1.71. The van der Waals surface area contributed by atoms with Crippen LogP contribution in [0.3, 0.4) is 0 Å². The van der Waals surface area contributed by atoms with E-state index in [0.29, 0.717) is 24.3 Å². The fraction of sp³-hybridized carbons (Fsp3) is 0.667. The molecule has 22 heavy (non-hydrogen) atoms. The Bertz CT molecular complexity index is 662. The normalized spacial score (nSPS) is 25.3. The molecule has 3 heterocycles. The molecule has 1 spiro atoms. The fourth-order valence-corrected chi connectivity index (χ4v) is 3.68. The molecular formula is C15H22N4O3. The van der Waals surface area contributed by atoms with E-state index < -0.39 is 5.41 Å². The molecule has 1 atom stereocenters. The number of carbonyl (C=O) groups excluding carboxylic acids is 2. The number of aromatic nitrogens is 2. The Morgan fingerprint density at radius 3 is 2.68 bits per heavy atom. The maximum Gasteiger partial charge on any atom is 0.267 e. The van der Waals surface area contributed by atoms with Gasteiger partial charge in [0, 0.05) is 37.9 Å². The van der Waals surface area contributed by atoms with Crippen molar-refractivity contribution in [1.29, 1.82) is 0 Å². The van der Waals surface area contributed by atoms with E-state index in [0.717, 1.165) is 25.8 Å². The molecule has 3 rings (SSSR count). The quantitative estimate of drug-likeness (QED) is 0.807. The highest BCUT2D eigenvalue weighted by Crippen LogP contribution is 2.39. The second kappa shape index (κ2) is 5.30. The van der Waals surface area contributed by atoms with E-state index >= 15 is 0 Å². The molecule has 2 amide bonds. The lowest BCUT2D eigenvalue weighted by atomic mass is 9.78. The van der Waals surface area contributed by atoms with Crippen LogP contribution < -0.4 is 5.56 Å². The third-order valence-electron chi connectivity index (χ3n) is 5.07. The Morgan fingerprint density at radius 2 is 2.00 bits per heavy atom. The topological polar surface area (TPSA) is 89.3 Å². The summed E-state index contributed by atoms with van der Waals surface area (Å²) in [5, 5.41) is 5.22. The van der Waals surface area contributed by atoms with Crippen LogP contribution in [-0.2, 0) is 16.0 Å². The molecule has 0 radical (unpaired) electrons. The van der Waals surface area contributed by atoms with Crippen molar-refractivity contribution in [2.24, 2.45) is 5.41 Å². The van der Waals surface area contributed by atoms with E-state index in [9.17, 15) is 14.4 Å². The monoisotopic (exact) mass is 306 g/mol. The highest BCUT2D eigenvalue weighted by Gasteiger charge is 2.48. The summed E-state index contributed by atoms with van der Waals surface area (Å²) in [5.74, 6) is 0.0795. The molecule has 0 aliphatic carbocycles. The Kier molecular flexibility index (Phi) is 3.58. The summed E-state index contributed by atoms with van der Waals surface area (Å²) in [6.07, 6.45) is 2.65. The van der Waals surface area contributed by atoms with Crippen molar-refractivity contribution in [1.82, 2.24) is 20.0 Å². The van der Waals surface area contributed by atoms with Gasteiger partial charge in [0.2, 0.25) is 11.8 Å². The molecule has 1 aromatic heterocycles. The van der Waals surface area contributed by atoms with Gasteiger partial charge in [-0.15, -0.1) is 0 Å². The predicted molar refractivity (Wildman–Crippen MR) is 80.4 cm³/mol. The van der Waals surface area contributed by atoms with E-state index in [1.54, 1.807) is 16.7 Å². The predicted octanol–water partition coefficient (Wildman–Crippen LogP) is 0.0248. The number of aromatic amines is 2. The minimum absolute atomic E-state index is 0.0777. The molecule has 2 aliphatic rings. The van der Waals surface area contributed by atoms with Gasteiger partial charge in [-0.05, 0) is 26.2 Å². The lowest BCUT2D eigenvalue weighted by molar-refractivity contribution is -0.144. The van der Waals surface area contributed by atoms with Crippen LogP contribution in [0.25, 0.3) is 0 Å². The van der Waals surface area contributed by atoms with Crippen molar-refractivity contribution >= 4 is 11.8 Å². The molecule has 7 heteroatoms. The molecule has 2 aliphatic heterocycles. The average molecular weight is 306 g/mol. The first-order chi connectivity index (χ1) is 10.4. The molecule has 2 saturated heterocycles. The first-order valence-electron chi connectivity index (χ1n) is 7.72. The standard InChI is InChI=1S/C15H22N4O3/c1-10-11(13(21)17-16-10)8-12(20)19-7-5-15(9-19)4-3-6-18(2)14(15)22/h3-9H2,1-2H3,(H2,16,17,21)/t15-/m0/s1. The fourth-order valence-electron chi connectivity index (χ4n) is 3.68. The van der Waals surface area contributed by atoms with Crippen molar-refractivity contribution in [3.63, 3.8) is 0 Å². The van der Waals surface area contributed by atoms with Gasteiger partial charge >= 0.3 is 0 Å². The lowest BCUT2D eigenvalue weighted by Gasteiger charge is -2.37. The molecule has 0 bridgehead atoms. The van der Waals surface area contributed by atoms with Crippen LogP contribution in [-0.4, -0.2) is 58.5 Å². The summed E-state index contributed by atoms with van der Waals surface area (Å²) in [7, 11) is 1.83. The van der Waals surface area contributed by atoms with Gasteiger partial charge in [-0.2, -0.15) is 0 Å². The first kappa shape index (κ1) is 14.9. The summed E-state index contributed by atoms with van der Waals surface area (Å²) in [5.41, 5.74) is 0.537. The number of piperidine rings is 1. The van der Waals surface area contributed by atoms with Crippen molar-refractivity contribution in [2.45, 2.75) is 32.6 Å². The zero-order valence-electron chi connectivity index (χ0n) is 13.1. The Hall–Kier alpha value is -2.05. The van der Waals surface area contributed by atoms with Crippen molar-refractivity contribution in [3.8, 4) is 0 Å². The number of likely N-dealkylation sites (tertiary alicyclic amines) is 2. The Labute approximate surface area is 128 Å². The number of hydrogen-bond acceptors (Lipinski definition) is 3. The maximum atomic E-state index is 12.5. The van der Waals surface area contributed by atoms with Crippen molar-refractivity contribution in [3.05, 3.63) is 21.6 Å². The van der Waals surface area contributed by atoms with Crippen molar-refractivity contribution < 1.29 is 9.59 Å². The van der Waals surface area contributed by atoms with Crippen LogP contribution in [0.1, 0.15) is 30.5 Å². The van der Waals surface area contributed by atoms with E-state index in [1.807, 2.05) is 7.05 Å². The Morgan fingerprint density at radius 1 is 1.23 bits per heavy atom. The number of nitrogens with one attached hydrogen (secondary N) is 2. The van der Waals surface area contributed by atoms with Gasteiger partial charge in [0.25, 0.3) is 5.56 Å². The molecular weight excluding hydrogens is 284 g/mol. The second-order valence-corrected chi connectivity index (χ2v) is 6.54. The highest BCUT2D eigenvalue weighted by molar-refractivity contribution is 5.86. The molecule has 7 nitrogen and oxygen atoms in total. The van der Waals surface area contributed by atoms with Crippen LogP contribution in [0.15, 0.2) is 4.79 Å². The highest BCUT2D eigenvalue weighted by atomic mass is 16.2. The molecule has 2 N–H and O–H groups in total. The van der Waals surface area contributed by atoms with Crippen LogP contribution in [0.2, 0.25) is 0 Å². The number of rotatable bonds is 2. The van der Waals surface area contributed by atoms with Gasteiger partial charge in [-0.25, -0.2) is 0 Å². The SMILES string of the molecule is Cc1[nH][nH]c(=O)c1CC(=O)N1CC[C@@]2(CCCN(C)C2=O)C1. The number of hydrogen-bond donors (Lipinski definition) is 2. The van der Waals surface area contributed by atoms with Crippen molar-refractivity contribution in [2.75, 3.05) is 26.7 Å². The van der Waals surface area contributed by atoms with Gasteiger partial charge in [-0.1, -0.05) is 0 Å². The van der Waals surface area contributed by atoms with Gasteiger partial charge in [0.15, 0.2) is 0 Å². The van der Waals surface area contributed by atoms with Crippen LogP contribution in [0, 0.1) is 12.3 Å². The van der Waals surface area contributed by atoms with E-state index in [4.69, 9.17) is 0 Å². The van der Waals surface area contributed by atoms with E-state index in [-0.39, 0.29) is 23.8 Å². The van der Waals surface area contributed by atoms with Gasteiger partial charge in [0.05, 0.1) is 11.8 Å². The summed E-state index contributed by atoms with van der Waals surface area (Å²) in [4.78, 5) is 40.1. The van der Waals surface area contributed by atoms with Gasteiger partial charge in [0.1, 0.15) is 0 Å². The molecule has 0 unspecified atom stereocenters. The summed E-state index contributed by atoms with van der Waals surface area (Å²) in [6.45, 7) is 3.65. The van der Waals surface area contributed by atoms with Gasteiger partial charge in [-0.3, -0.25) is 19.5 Å². The summed E-state index contributed by atoms with van der Waals surface area (Å²) >= 11 is 0. The number of H-pyrrole nitrogens is 2. The smallest absolute Gasteiger partial charge is 0.267 e. The van der Waals surface area contributed by atoms with E-state index in [1.165, 1.54) is 0 Å². The summed E-state index contributed by atoms with van der Waals surface area (Å²) in [6, 6.07) is 0. The maximum absolute atomic E-state index is 12.5. The second-order valence-electron chi connectivity index (χ2n) is 6.54. The number of carbonyl (C=O) groups is 2. The zero-order valence-corrected chi connectivity index (χ0v) is 13.1. The van der Waals surface area contributed by atoms with Crippen LogP contribution >= 0.6 is 0 Å². The largest absolute Gasteiger partial charge is 0.345 e. The lowest BCUT2D eigenvalue weighted by Crippen LogP contribution is -2.48. The van der Waals surface area contributed by atoms with Crippen LogP contribution in [0.5, 0.6) is 0 Å². The molecule has 0 aromatic carbocycles. The van der Waals surface area contributed by atoms with E-state index in [2.05, 4.69) is 10.2 Å². The van der Waals surface area contributed by atoms with Crippen LogP contribution in [0.4, 0.5) is 0 Å². The number of aryl methyl sites for hydroxylation is 1. The first-order valence-corrected chi connectivity index (χ1v) is 7.72. The zero-order chi connectivity index (χ0) is 15.9. The average Bonchev–Trinajstić information content (AvgIpc) is 3.04. The third-order valence-corrected chi connectivity index (χ3v) is 5.07. The molecule has 0 saturated carbocycles. The van der Waals surface area contributed by atoms with Gasteiger partial charge < -0.3 is 14.9 Å². The molecule has 120 valence electrons. The molecule has 1 aromatic rings. The molecule has 2 fully saturated rings. The third kappa shape index (κ3) is 2.34. The minimum Gasteiger partial charge on any atom is -0.345 e. The summed E-state index contributed by atoms with van der Waals surface area (Å²) < 4.78 is 0. The number of nitrogens with zero attached hydrogens (tertiary/aromatic N) is 2.